The average Bonchev–Trinajstić information content (AvgIpc) is 2.90. The van der Waals surface area contributed by atoms with Gasteiger partial charge < -0.3 is 10.2 Å². The molecule has 0 spiro atoms. The third-order valence-electron chi connectivity index (χ3n) is 6.44. The van der Waals surface area contributed by atoms with E-state index >= 15 is 0 Å². The molecule has 0 aliphatic rings. The van der Waals surface area contributed by atoms with E-state index in [4.69, 9.17) is 0 Å². The molecule has 0 radical (unpaired) electrons. The molecular formula is C31H38FN3O4S. The first-order chi connectivity index (χ1) is 18.9. The smallest absolute Gasteiger partial charge is 0.243 e. The normalized spacial score (nSPS) is 12.2. The summed E-state index contributed by atoms with van der Waals surface area (Å²) in [4.78, 5) is 28.7. The van der Waals surface area contributed by atoms with E-state index in [1.54, 1.807) is 24.3 Å². The Morgan fingerprint density at radius 3 is 2.10 bits per heavy atom. The molecule has 0 unspecified atom stereocenters. The quantitative estimate of drug-likeness (QED) is 0.320. The summed E-state index contributed by atoms with van der Waals surface area (Å²) in [7, 11) is -3.58. The number of hydrogen-bond donors (Lipinski definition) is 1. The highest BCUT2D eigenvalue weighted by Gasteiger charge is 2.31. The Hall–Kier alpha value is -3.72. The van der Waals surface area contributed by atoms with Gasteiger partial charge in [-0.3, -0.25) is 13.9 Å². The number of rotatable bonds is 13. The van der Waals surface area contributed by atoms with Crippen molar-refractivity contribution in [1.82, 2.24) is 10.2 Å². The maximum Gasteiger partial charge on any atom is 0.243 e. The molecule has 0 aliphatic heterocycles. The molecule has 0 aliphatic carbocycles. The molecule has 0 saturated heterocycles. The van der Waals surface area contributed by atoms with Crippen molar-refractivity contribution in [2.45, 2.75) is 58.7 Å². The molecule has 0 bridgehead atoms. The SMILES string of the molecule is Cc1ccc(N(CCCC(=O)N(Cc2ccc(F)cc2)[C@@H](Cc2ccccc2)C(=O)NC(C)C)S(C)(=O)=O)cc1. The van der Waals surface area contributed by atoms with Gasteiger partial charge in [-0.05, 0) is 62.6 Å². The summed E-state index contributed by atoms with van der Waals surface area (Å²) in [5.74, 6) is -0.967. The lowest BCUT2D eigenvalue weighted by Gasteiger charge is -2.32. The first-order valence-electron chi connectivity index (χ1n) is 13.4. The van der Waals surface area contributed by atoms with Crippen LogP contribution < -0.4 is 9.62 Å². The summed E-state index contributed by atoms with van der Waals surface area (Å²) >= 11 is 0. The lowest BCUT2D eigenvalue weighted by molar-refractivity contribution is -0.141. The zero-order valence-electron chi connectivity index (χ0n) is 23.5. The predicted molar refractivity (Wildman–Crippen MR) is 157 cm³/mol. The van der Waals surface area contributed by atoms with Gasteiger partial charge in [-0.15, -0.1) is 0 Å². The minimum absolute atomic E-state index is 0.0271. The van der Waals surface area contributed by atoms with Crippen LogP contribution in [0.4, 0.5) is 10.1 Å². The summed E-state index contributed by atoms with van der Waals surface area (Å²) in [6.45, 7) is 5.85. The third kappa shape index (κ3) is 9.19. The Balaban J connectivity index is 1.87. The molecule has 3 rings (SSSR count). The molecule has 3 aromatic carbocycles. The van der Waals surface area contributed by atoms with Crippen molar-refractivity contribution in [1.29, 1.82) is 0 Å². The van der Waals surface area contributed by atoms with Gasteiger partial charge in [0.2, 0.25) is 21.8 Å². The van der Waals surface area contributed by atoms with E-state index in [-0.39, 0.29) is 43.8 Å². The van der Waals surface area contributed by atoms with Crippen LogP contribution in [0.5, 0.6) is 0 Å². The van der Waals surface area contributed by atoms with E-state index in [1.165, 1.54) is 21.3 Å². The minimum atomic E-state index is -3.58. The number of anilines is 1. The van der Waals surface area contributed by atoms with Gasteiger partial charge in [0, 0.05) is 32.0 Å². The maximum absolute atomic E-state index is 13.8. The van der Waals surface area contributed by atoms with E-state index in [2.05, 4.69) is 5.32 Å². The molecular weight excluding hydrogens is 529 g/mol. The Morgan fingerprint density at radius 2 is 1.52 bits per heavy atom. The van der Waals surface area contributed by atoms with E-state index in [9.17, 15) is 22.4 Å². The van der Waals surface area contributed by atoms with Crippen LogP contribution in [-0.4, -0.2) is 50.0 Å². The van der Waals surface area contributed by atoms with Crippen molar-refractivity contribution >= 4 is 27.5 Å². The fourth-order valence-corrected chi connectivity index (χ4v) is 5.40. The fraction of sp³-hybridized carbons (Fsp3) is 0.355. The Morgan fingerprint density at radius 1 is 0.900 bits per heavy atom. The highest BCUT2D eigenvalue weighted by molar-refractivity contribution is 7.92. The average molecular weight is 568 g/mol. The molecule has 2 amide bonds. The highest BCUT2D eigenvalue weighted by Crippen LogP contribution is 2.21. The summed E-state index contributed by atoms with van der Waals surface area (Å²) in [5, 5.41) is 2.93. The number of hydrogen-bond acceptors (Lipinski definition) is 4. The molecule has 0 saturated carbocycles. The fourth-order valence-electron chi connectivity index (χ4n) is 4.44. The topological polar surface area (TPSA) is 86.8 Å². The Kier molecular flexibility index (Phi) is 10.8. The number of nitrogens with one attached hydrogen (secondary N) is 1. The number of nitrogens with zero attached hydrogens (tertiary/aromatic N) is 2. The Labute approximate surface area is 237 Å². The standard InChI is InChI=1S/C31H38FN3O4S/c1-23(2)33-31(37)29(21-25-9-6-5-7-10-25)34(22-26-14-16-27(32)17-15-26)30(36)11-8-20-35(40(4,38)39)28-18-12-24(3)13-19-28/h5-7,9-10,12-19,23,29H,8,11,20-22H2,1-4H3,(H,33,37)/t29-/m0/s1. The van der Waals surface area contributed by atoms with Gasteiger partial charge in [0.15, 0.2) is 0 Å². The van der Waals surface area contributed by atoms with Crippen LogP contribution in [0.3, 0.4) is 0 Å². The van der Waals surface area contributed by atoms with Crippen molar-refractivity contribution < 1.29 is 22.4 Å². The van der Waals surface area contributed by atoms with Crippen molar-refractivity contribution in [2.24, 2.45) is 0 Å². The molecule has 1 atom stereocenters. The zero-order chi connectivity index (χ0) is 29.3. The largest absolute Gasteiger partial charge is 0.352 e. The second-order valence-corrected chi connectivity index (χ2v) is 12.2. The molecule has 214 valence electrons. The van der Waals surface area contributed by atoms with Crippen LogP contribution in [-0.2, 0) is 32.6 Å². The van der Waals surface area contributed by atoms with Gasteiger partial charge in [0.05, 0.1) is 11.9 Å². The number of halogens is 1. The Bertz CT molecular complexity index is 1360. The lowest BCUT2D eigenvalue weighted by atomic mass is 10.0. The third-order valence-corrected chi connectivity index (χ3v) is 7.64. The second-order valence-electron chi connectivity index (χ2n) is 10.3. The molecule has 0 aromatic heterocycles. The van der Waals surface area contributed by atoms with Crippen LogP contribution in [0.1, 0.15) is 43.4 Å². The van der Waals surface area contributed by atoms with Gasteiger partial charge in [-0.25, -0.2) is 12.8 Å². The van der Waals surface area contributed by atoms with Gasteiger partial charge in [0.1, 0.15) is 11.9 Å². The number of amides is 2. The first-order valence-corrected chi connectivity index (χ1v) is 15.2. The van der Waals surface area contributed by atoms with Crippen molar-refractivity contribution in [2.75, 3.05) is 17.1 Å². The van der Waals surface area contributed by atoms with Crippen molar-refractivity contribution in [3.63, 3.8) is 0 Å². The minimum Gasteiger partial charge on any atom is -0.352 e. The van der Waals surface area contributed by atoms with E-state index in [0.29, 0.717) is 17.7 Å². The molecule has 1 N–H and O–H groups in total. The van der Waals surface area contributed by atoms with Crippen molar-refractivity contribution in [3.05, 3.63) is 101 Å². The van der Waals surface area contributed by atoms with Gasteiger partial charge >= 0.3 is 0 Å². The summed E-state index contributed by atoms with van der Waals surface area (Å²) in [5.41, 5.74) is 3.11. The molecule has 3 aromatic rings. The summed E-state index contributed by atoms with van der Waals surface area (Å²) in [6, 6.07) is 21.5. The summed E-state index contributed by atoms with van der Waals surface area (Å²) < 4.78 is 40.0. The van der Waals surface area contributed by atoms with Crippen LogP contribution >= 0.6 is 0 Å². The molecule has 40 heavy (non-hydrogen) atoms. The lowest BCUT2D eigenvalue weighted by Crippen LogP contribution is -2.51. The first kappa shape index (κ1) is 30.8. The number of carbonyl (C=O) groups excluding carboxylic acids is 2. The number of aryl methyl sites for hydroxylation is 1. The maximum atomic E-state index is 13.8. The number of benzene rings is 3. The molecule has 9 heteroatoms. The second kappa shape index (κ2) is 14.1. The summed E-state index contributed by atoms with van der Waals surface area (Å²) in [6.07, 6.45) is 1.72. The van der Waals surface area contributed by atoms with E-state index in [0.717, 1.165) is 17.4 Å². The molecule has 0 heterocycles. The number of sulfonamides is 1. The van der Waals surface area contributed by atoms with Crippen LogP contribution in [0.25, 0.3) is 0 Å². The zero-order valence-corrected chi connectivity index (χ0v) is 24.3. The monoisotopic (exact) mass is 567 g/mol. The van der Waals surface area contributed by atoms with Crippen molar-refractivity contribution in [3.8, 4) is 0 Å². The van der Waals surface area contributed by atoms with Gasteiger partial charge in [-0.2, -0.15) is 0 Å². The van der Waals surface area contributed by atoms with Crippen LogP contribution in [0, 0.1) is 12.7 Å². The van der Waals surface area contributed by atoms with Gasteiger partial charge in [0.25, 0.3) is 0 Å². The van der Waals surface area contributed by atoms with Crippen LogP contribution in [0.2, 0.25) is 0 Å². The number of carbonyl (C=O) groups is 2. The molecule has 0 fully saturated rings. The van der Waals surface area contributed by atoms with Crippen LogP contribution in [0.15, 0.2) is 78.9 Å². The van der Waals surface area contributed by atoms with E-state index < -0.39 is 21.9 Å². The predicted octanol–water partition coefficient (Wildman–Crippen LogP) is 4.85. The highest BCUT2D eigenvalue weighted by atomic mass is 32.2. The van der Waals surface area contributed by atoms with E-state index in [1.807, 2.05) is 63.2 Å². The molecule has 7 nitrogen and oxygen atoms in total. The van der Waals surface area contributed by atoms with Gasteiger partial charge in [-0.1, -0.05) is 60.2 Å².